The van der Waals surface area contributed by atoms with Gasteiger partial charge >= 0.3 is 5.97 Å². The quantitative estimate of drug-likeness (QED) is 0.804. The van der Waals surface area contributed by atoms with Gasteiger partial charge in [0.15, 0.2) is 0 Å². The van der Waals surface area contributed by atoms with Crippen LogP contribution in [0.1, 0.15) is 29.6 Å². The number of H-pyrrole nitrogens is 1. The van der Waals surface area contributed by atoms with E-state index in [0.717, 1.165) is 24.1 Å². The molecular formula is C18H19N3O3. The van der Waals surface area contributed by atoms with E-state index in [2.05, 4.69) is 15.3 Å². The van der Waals surface area contributed by atoms with Crippen molar-refractivity contribution in [2.75, 3.05) is 0 Å². The third-order valence-corrected chi connectivity index (χ3v) is 5.45. The molecule has 1 unspecified atom stereocenters. The SMILES string of the molecule is O=C(N[C@H]1C[C@H]2CC(C(=O)O)C[C@H]21)c1ccc(-c2cnc[nH]2)cc1. The first kappa shape index (κ1) is 14.9. The Morgan fingerprint density at radius 2 is 1.96 bits per heavy atom. The van der Waals surface area contributed by atoms with E-state index >= 15 is 0 Å². The molecule has 24 heavy (non-hydrogen) atoms. The van der Waals surface area contributed by atoms with E-state index in [1.165, 1.54) is 0 Å². The average molecular weight is 325 g/mol. The number of carboxylic acids is 1. The molecule has 0 aliphatic heterocycles. The monoisotopic (exact) mass is 325 g/mol. The van der Waals surface area contributed by atoms with Gasteiger partial charge in [0.2, 0.25) is 0 Å². The molecule has 1 heterocycles. The fourth-order valence-corrected chi connectivity index (χ4v) is 4.06. The Balaban J connectivity index is 1.38. The topological polar surface area (TPSA) is 95.1 Å². The van der Waals surface area contributed by atoms with Gasteiger partial charge in [-0.15, -0.1) is 0 Å². The van der Waals surface area contributed by atoms with Gasteiger partial charge < -0.3 is 15.4 Å². The van der Waals surface area contributed by atoms with Gasteiger partial charge in [-0.05, 0) is 48.8 Å². The molecule has 1 amide bonds. The molecule has 2 saturated carbocycles. The van der Waals surface area contributed by atoms with Crippen molar-refractivity contribution in [3.05, 3.63) is 42.4 Å². The number of nitrogens with one attached hydrogen (secondary N) is 2. The van der Waals surface area contributed by atoms with Crippen LogP contribution in [0.15, 0.2) is 36.8 Å². The van der Waals surface area contributed by atoms with Crippen LogP contribution in [-0.4, -0.2) is 33.0 Å². The number of rotatable bonds is 4. The molecule has 2 aliphatic rings. The van der Waals surface area contributed by atoms with Crippen LogP contribution >= 0.6 is 0 Å². The van der Waals surface area contributed by atoms with Crippen LogP contribution in [0.2, 0.25) is 0 Å². The minimum absolute atomic E-state index is 0.0895. The molecule has 3 N–H and O–H groups in total. The largest absolute Gasteiger partial charge is 0.481 e. The first-order valence-corrected chi connectivity index (χ1v) is 8.24. The normalized spacial score (nSPS) is 28.0. The lowest BCUT2D eigenvalue weighted by atomic mass is 9.71. The maximum atomic E-state index is 12.4. The lowest BCUT2D eigenvalue weighted by Gasteiger charge is -2.40. The van der Waals surface area contributed by atoms with Gasteiger partial charge in [-0.25, -0.2) is 4.98 Å². The predicted molar refractivity (Wildman–Crippen MR) is 87.2 cm³/mol. The van der Waals surface area contributed by atoms with Gasteiger partial charge in [-0.2, -0.15) is 0 Å². The molecule has 0 spiro atoms. The Kier molecular flexibility index (Phi) is 3.59. The molecule has 1 aromatic heterocycles. The van der Waals surface area contributed by atoms with Crippen molar-refractivity contribution in [1.29, 1.82) is 0 Å². The second-order valence-electron chi connectivity index (χ2n) is 6.79. The van der Waals surface area contributed by atoms with E-state index < -0.39 is 5.97 Å². The summed E-state index contributed by atoms with van der Waals surface area (Å²) < 4.78 is 0. The number of amides is 1. The molecule has 6 nitrogen and oxygen atoms in total. The van der Waals surface area contributed by atoms with E-state index in [9.17, 15) is 9.59 Å². The molecule has 2 fully saturated rings. The summed E-state index contributed by atoms with van der Waals surface area (Å²) in [6.07, 6.45) is 5.69. The summed E-state index contributed by atoms with van der Waals surface area (Å²) in [5.74, 6) is -0.258. The van der Waals surface area contributed by atoms with Crippen LogP contribution in [-0.2, 0) is 4.79 Å². The molecule has 2 aromatic rings. The van der Waals surface area contributed by atoms with Gasteiger partial charge in [0.1, 0.15) is 0 Å². The standard InChI is InChI=1S/C18H19N3O3/c22-17(11-3-1-10(2-4-11)16-8-19-9-20-16)21-15-7-12-5-13(18(23)24)6-14(12)15/h1-4,8-9,12-15H,5-7H2,(H,19,20)(H,21,22)(H,23,24)/t12-,13?,14-,15+/m1/s1. The fourth-order valence-electron chi connectivity index (χ4n) is 4.06. The van der Waals surface area contributed by atoms with Crippen molar-refractivity contribution in [3.8, 4) is 11.3 Å². The number of aliphatic carboxylic acids is 1. The van der Waals surface area contributed by atoms with Gasteiger partial charge in [0, 0.05) is 11.6 Å². The maximum Gasteiger partial charge on any atom is 0.306 e. The minimum Gasteiger partial charge on any atom is -0.481 e. The van der Waals surface area contributed by atoms with E-state index in [1.807, 2.05) is 12.1 Å². The molecule has 2 aliphatic carbocycles. The third kappa shape index (κ3) is 2.58. The summed E-state index contributed by atoms with van der Waals surface area (Å²) in [7, 11) is 0. The molecule has 0 saturated heterocycles. The number of imidazole rings is 1. The first-order chi connectivity index (χ1) is 11.6. The van der Waals surface area contributed by atoms with Crippen LogP contribution in [0.25, 0.3) is 11.3 Å². The summed E-state index contributed by atoms with van der Waals surface area (Å²) in [6.45, 7) is 0. The predicted octanol–water partition coefficient (Wildman–Crippen LogP) is 2.31. The van der Waals surface area contributed by atoms with Crippen LogP contribution in [0.3, 0.4) is 0 Å². The number of aromatic amines is 1. The zero-order chi connectivity index (χ0) is 16.7. The van der Waals surface area contributed by atoms with Crippen LogP contribution in [0.5, 0.6) is 0 Å². The van der Waals surface area contributed by atoms with Gasteiger partial charge in [-0.1, -0.05) is 12.1 Å². The van der Waals surface area contributed by atoms with Crippen molar-refractivity contribution >= 4 is 11.9 Å². The van der Waals surface area contributed by atoms with Crippen LogP contribution < -0.4 is 5.32 Å². The molecule has 4 atom stereocenters. The van der Waals surface area contributed by atoms with Crippen molar-refractivity contribution in [3.63, 3.8) is 0 Å². The summed E-state index contributed by atoms with van der Waals surface area (Å²) in [4.78, 5) is 30.5. The summed E-state index contributed by atoms with van der Waals surface area (Å²) in [5.41, 5.74) is 2.51. The highest BCUT2D eigenvalue weighted by Crippen LogP contribution is 2.49. The second-order valence-corrected chi connectivity index (χ2v) is 6.79. The maximum absolute atomic E-state index is 12.4. The van der Waals surface area contributed by atoms with E-state index in [1.54, 1.807) is 24.7 Å². The molecular weight excluding hydrogens is 306 g/mol. The smallest absolute Gasteiger partial charge is 0.306 e. The summed E-state index contributed by atoms with van der Waals surface area (Å²) in [6, 6.07) is 7.50. The van der Waals surface area contributed by atoms with Gasteiger partial charge in [-0.3, -0.25) is 9.59 Å². The molecule has 4 rings (SSSR count). The number of carbonyl (C=O) groups is 2. The highest BCUT2D eigenvalue weighted by molar-refractivity contribution is 5.95. The Labute approximate surface area is 139 Å². The number of benzene rings is 1. The van der Waals surface area contributed by atoms with Crippen LogP contribution in [0, 0.1) is 17.8 Å². The number of hydrogen-bond acceptors (Lipinski definition) is 3. The summed E-state index contributed by atoms with van der Waals surface area (Å²) >= 11 is 0. The highest BCUT2D eigenvalue weighted by Gasteiger charge is 2.49. The molecule has 124 valence electrons. The fraction of sp³-hybridized carbons (Fsp3) is 0.389. The van der Waals surface area contributed by atoms with E-state index in [-0.39, 0.29) is 17.9 Å². The number of aromatic nitrogens is 2. The first-order valence-electron chi connectivity index (χ1n) is 8.24. The lowest BCUT2D eigenvalue weighted by Crippen LogP contribution is -2.50. The Bertz CT molecular complexity index is 754. The highest BCUT2D eigenvalue weighted by atomic mass is 16.4. The Morgan fingerprint density at radius 3 is 2.62 bits per heavy atom. The lowest BCUT2D eigenvalue weighted by molar-refractivity contribution is -0.141. The van der Waals surface area contributed by atoms with Crippen molar-refractivity contribution < 1.29 is 14.7 Å². The minimum atomic E-state index is -0.705. The average Bonchev–Trinajstić information content (AvgIpc) is 3.20. The van der Waals surface area contributed by atoms with E-state index in [4.69, 9.17) is 5.11 Å². The number of hydrogen-bond donors (Lipinski definition) is 3. The number of fused-ring (bicyclic) bond motifs is 1. The molecule has 6 heteroatoms. The Morgan fingerprint density at radius 1 is 1.17 bits per heavy atom. The van der Waals surface area contributed by atoms with Crippen LogP contribution in [0.4, 0.5) is 0 Å². The summed E-state index contributed by atoms with van der Waals surface area (Å²) in [5, 5.41) is 12.2. The molecule has 0 bridgehead atoms. The number of carbonyl (C=O) groups excluding carboxylic acids is 1. The Hall–Kier alpha value is -2.63. The van der Waals surface area contributed by atoms with E-state index in [0.29, 0.717) is 23.8 Å². The molecule has 1 aromatic carbocycles. The van der Waals surface area contributed by atoms with Gasteiger partial charge in [0.25, 0.3) is 5.91 Å². The molecule has 0 radical (unpaired) electrons. The third-order valence-electron chi connectivity index (χ3n) is 5.45. The second kappa shape index (κ2) is 5.78. The number of carboxylic acid groups (broad SMARTS) is 1. The van der Waals surface area contributed by atoms with Crippen molar-refractivity contribution in [2.24, 2.45) is 17.8 Å². The van der Waals surface area contributed by atoms with Crippen molar-refractivity contribution in [1.82, 2.24) is 15.3 Å². The zero-order valence-corrected chi connectivity index (χ0v) is 13.1. The zero-order valence-electron chi connectivity index (χ0n) is 13.1. The van der Waals surface area contributed by atoms with Gasteiger partial charge in [0.05, 0.1) is 24.1 Å². The van der Waals surface area contributed by atoms with Crippen molar-refractivity contribution in [2.45, 2.75) is 25.3 Å². The number of nitrogens with zero attached hydrogens (tertiary/aromatic N) is 1.